The Hall–Kier alpha value is -4.61. The Morgan fingerprint density at radius 2 is 1.65 bits per heavy atom. The van der Waals surface area contributed by atoms with Crippen LogP contribution < -0.4 is 14.4 Å². The third-order valence-corrected chi connectivity index (χ3v) is 9.70. The fourth-order valence-electron chi connectivity index (χ4n) is 6.07. The van der Waals surface area contributed by atoms with Crippen molar-refractivity contribution in [1.29, 1.82) is 0 Å². The summed E-state index contributed by atoms with van der Waals surface area (Å²) < 4.78 is 45.2. The molecule has 0 bridgehead atoms. The molecule has 4 aromatic carbocycles. The molecule has 0 aromatic heterocycles. The Morgan fingerprint density at radius 1 is 0.962 bits per heavy atom. The molecule has 0 spiro atoms. The second-order valence-corrected chi connectivity index (χ2v) is 14.8. The molecule has 4 aromatic rings. The van der Waals surface area contributed by atoms with Gasteiger partial charge in [-0.1, -0.05) is 72.5 Å². The molecular weight excluding hydrogens is 688 g/mol. The van der Waals surface area contributed by atoms with E-state index in [1.165, 1.54) is 24.3 Å². The summed E-state index contributed by atoms with van der Waals surface area (Å²) >= 11 is 0. The Morgan fingerprint density at radius 3 is 2.31 bits per heavy atom. The summed E-state index contributed by atoms with van der Waals surface area (Å²) in [5, 5.41) is 40.3. The number of halogens is 1. The van der Waals surface area contributed by atoms with Crippen LogP contribution in [0.25, 0.3) is 0 Å². The molecule has 0 saturated carbocycles. The lowest BCUT2D eigenvalue weighted by molar-refractivity contribution is -0.131. The van der Waals surface area contributed by atoms with Gasteiger partial charge in [0.1, 0.15) is 18.2 Å². The van der Waals surface area contributed by atoms with E-state index in [-0.39, 0.29) is 18.9 Å². The van der Waals surface area contributed by atoms with Gasteiger partial charge in [0, 0.05) is 23.4 Å². The molecule has 274 valence electrons. The highest BCUT2D eigenvalue weighted by Gasteiger charge is 2.49. The molecule has 1 amide bonds. The number of hydrogen-bond donors (Lipinski definition) is 5. The van der Waals surface area contributed by atoms with Gasteiger partial charge in [-0.3, -0.25) is 4.79 Å². The minimum Gasteiger partial charge on any atom is -0.488 e. The van der Waals surface area contributed by atoms with Gasteiger partial charge in [-0.25, -0.2) is 17.5 Å². The molecule has 3 unspecified atom stereocenters. The molecule has 5 N–H and O–H groups in total. The molecule has 1 fully saturated rings. The van der Waals surface area contributed by atoms with E-state index >= 15 is 0 Å². The van der Waals surface area contributed by atoms with Gasteiger partial charge in [0.2, 0.25) is 15.9 Å². The first kappa shape index (κ1) is 38.6. The van der Waals surface area contributed by atoms with Crippen molar-refractivity contribution in [3.8, 4) is 17.6 Å². The number of nitrogens with zero attached hydrogens (tertiary/aromatic N) is 1. The standard InChI is InChI=1S/C40H43FN2O8S/c1-52(49,50)42-23-5-8-28-9-16-33(17-10-28)43-38(35(39(43)47)19-20-36(46)31-12-14-32(41)15-13-31)34-18-11-29(21-22-40(48,26-44)27-45)24-37(34)51-25-30-6-3-2-4-7-30/h2-4,6-7,9-18,24,35-36,38,42,44-46,48H,5,8,19-20,23,25-27H2,1H3. The largest absolute Gasteiger partial charge is 0.488 e. The van der Waals surface area contributed by atoms with Crippen LogP contribution in [0.2, 0.25) is 0 Å². The van der Waals surface area contributed by atoms with Crippen LogP contribution in [0.4, 0.5) is 10.1 Å². The molecule has 0 radical (unpaired) electrons. The number of amides is 1. The molecule has 1 heterocycles. The van der Waals surface area contributed by atoms with Crippen LogP contribution in [0.15, 0.2) is 97.1 Å². The number of rotatable bonds is 16. The highest BCUT2D eigenvalue weighted by atomic mass is 32.2. The first-order valence-corrected chi connectivity index (χ1v) is 18.9. The molecule has 1 saturated heterocycles. The Balaban J connectivity index is 1.47. The zero-order valence-corrected chi connectivity index (χ0v) is 29.6. The van der Waals surface area contributed by atoms with Crippen LogP contribution in [0.1, 0.15) is 59.2 Å². The minimum absolute atomic E-state index is 0.143. The maximum atomic E-state index is 14.0. The lowest BCUT2D eigenvalue weighted by atomic mass is 9.77. The molecule has 1 aliphatic rings. The maximum Gasteiger partial charge on any atom is 0.233 e. The van der Waals surface area contributed by atoms with E-state index in [2.05, 4.69) is 16.6 Å². The normalized spacial score (nSPS) is 16.5. The van der Waals surface area contributed by atoms with E-state index in [1.54, 1.807) is 23.1 Å². The quantitative estimate of drug-likeness (QED) is 0.0654. The van der Waals surface area contributed by atoms with Crippen molar-refractivity contribution < 1.29 is 42.8 Å². The number of hydrogen-bond acceptors (Lipinski definition) is 8. The van der Waals surface area contributed by atoms with Crippen LogP contribution in [-0.4, -0.2) is 66.4 Å². The van der Waals surface area contributed by atoms with Crippen LogP contribution in [0.3, 0.4) is 0 Å². The number of aliphatic hydroxyl groups is 4. The highest BCUT2D eigenvalue weighted by Crippen LogP contribution is 2.49. The molecule has 0 aliphatic carbocycles. The van der Waals surface area contributed by atoms with Crippen LogP contribution in [0.5, 0.6) is 5.75 Å². The van der Waals surface area contributed by atoms with Crippen molar-refractivity contribution in [2.24, 2.45) is 5.92 Å². The van der Waals surface area contributed by atoms with Crippen molar-refractivity contribution in [3.05, 3.63) is 131 Å². The van der Waals surface area contributed by atoms with Gasteiger partial charge < -0.3 is 30.1 Å². The van der Waals surface area contributed by atoms with E-state index in [0.29, 0.717) is 53.9 Å². The zero-order valence-electron chi connectivity index (χ0n) is 28.8. The van der Waals surface area contributed by atoms with Gasteiger partial charge in [-0.05, 0) is 78.8 Å². The summed E-state index contributed by atoms with van der Waals surface area (Å²) in [7, 11) is -3.28. The van der Waals surface area contributed by atoms with Gasteiger partial charge in [0.25, 0.3) is 0 Å². The SMILES string of the molecule is CS(=O)(=O)NCCCc1ccc(N2C(=O)C(CCC(O)c3ccc(F)cc3)C2c2ccc(C#CC(O)(CO)CO)cc2OCc2ccccc2)cc1. The number of aryl methyl sites for hydroxylation is 1. The Labute approximate surface area is 303 Å². The number of benzene rings is 4. The topological polar surface area (TPSA) is 157 Å². The number of aliphatic hydroxyl groups excluding tert-OH is 3. The lowest BCUT2D eigenvalue weighted by Gasteiger charge is -2.48. The number of β-lactam (4-membered cyclic amide) rings is 1. The Bertz CT molecular complexity index is 1980. The molecule has 10 nitrogen and oxygen atoms in total. The van der Waals surface area contributed by atoms with Crippen LogP contribution >= 0.6 is 0 Å². The van der Waals surface area contributed by atoms with Crippen molar-refractivity contribution in [2.75, 3.05) is 30.9 Å². The highest BCUT2D eigenvalue weighted by molar-refractivity contribution is 7.88. The zero-order chi connectivity index (χ0) is 37.3. The summed E-state index contributed by atoms with van der Waals surface area (Å²) in [6.07, 6.45) is 2.00. The molecule has 5 rings (SSSR count). The predicted molar refractivity (Wildman–Crippen MR) is 195 cm³/mol. The van der Waals surface area contributed by atoms with Crippen molar-refractivity contribution >= 4 is 21.6 Å². The smallest absolute Gasteiger partial charge is 0.233 e. The van der Waals surface area contributed by atoms with Gasteiger partial charge in [0.05, 0.1) is 37.5 Å². The predicted octanol–water partition coefficient (Wildman–Crippen LogP) is 4.17. The fraction of sp³-hybridized carbons (Fsp3) is 0.325. The number of carbonyl (C=O) groups excluding carboxylic acids is 1. The van der Waals surface area contributed by atoms with E-state index in [9.17, 15) is 38.0 Å². The van der Waals surface area contributed by atoms with E-state index in [1.807, 2.05) is 54.6 Å². The third-order valence-electron chi connectivity index (χ3n) is 8.97. The van der Waals surface area contributed by atoms with Gasteiger partial charge in [0.15, 0.2) is 5.60 Å². The third kappa shape index (κ3) is 10.0. The monoisotopic (exact) mass is 730 g/mol. The number of anilines is 1. The molecule has 3 atom stereocenters. The summed E-state index contributed by atoms with van der Waals surface area (Å²) in [5.74, 6) is 4.68. The van der Waals surface area contributed by atoms with Gasteiger partial charge >= 0.3 is 0 Å². The van der Waals surface area contributed by atoms with Crippen LogP contribution in [0, 0.1) is 23.6 Å². The number of carbonyl (C=O) groups is 1. The van der Waals surface area contributed by atoms with E-state index in [4.69, 9.17) is 4.74 Å². The number of ether oxygens (including phenoxy) is 1. The summed E-state index contributed by atoms with van der Waals surface area (Å²) in [6.45, 7) is -0.997. The Kier molecular flexibility index (Phi) is 12.8. The average molecular weight is 731 g/mol. The lowest BCUT2D eigenvalue weighted by Crippen LogP contribution is -2.55. The first-order valence-electron chi connectivity index (χ1n) is 17.0. The minimum atomic E-state index is -3.28. The van der Waals surface area contributed by atoms with Crippen molar-refractivity contribution in [2.45, 2.75) is 50.0 Å². The summed E-state index contributed by atoms with van der Waals surface area (Å²) in [5.41, 5.74) is 2.22. The maximum absolute atomic E-state index is 14.0. The number of sulfonamides is 1. The van der Waals surface area contributed by atoms with E-state index in [0.717, 1.165) is 17.4 Å². The van der Waals surface area contributed by atoms with Crippen molar-refractivity contribution in [1.82, 2.24) is 4.72 Å². The first-order chi connectivity index (χ1) is 24.9. The van der Waals surface area contributed by atoms with Crippen molar-refractivity contribution in [3.63, 3.8) is 0 Å². The van der Waals surface area contributed by atoms with E-state index < -0.39 is 52.7 Å². The second kappa shape index (κ2) is 17.3. The average Bonchev–Trinajstić information content (AvgIpc) is 3.14. The molecular formula is C40H43FN2O8S. The summed E-state index contributed by atoms with van der Waals surface area (Å²) in [6, 6.07) is 27.4. The summed E-state index contributed by atoms with van der Waals surface area (Å²) in [4.78, 5) is 15.6. The molecule has 12 heteroatoms. The molecule has 1 aliphatic heterocycles. The molecule has 52 heavy (non-hydrogen) atoms. The van der Waals surface area contributed by atoms with Crippen LogP contribution in [-0.2, 0) is 27.8 Å². The number of nitrogens with one attached hydrogen (secondary N) is 1. The van der Waals surface area contributed by atoms with Gasteiger partial charge in [-0.2, -0.15) is 0 Å². The fourth-order valence-corrected chi connectivity index (χ4v) is 6.59. The van der Waals surface area contributed by atoms with Gasteiger partial charge in [-0.15, -0.1) is 0 Å². The second-order valence-electron chi connectivity index (χ2n) is 13.0.